The predicted molar refractivity (Wildman–Crippen MR) is 112 cm³/mol. The number of hydrogen-bond acceptors (Lipinski definition) is 7. The average Bonchev–Trinajstić information content (AvgIpc) is 3.18. The number of ketones is 1. The third kappa shape index (κ3) is 4.66. The lowest BCUT2D eigenvalue weighted by Gasteiger charge is -2.23. The molecule has 0 aromatic heterocycles. The molecule has 1 aliphatic heterocycles. The lowest BCUT2D eigenvalue weighted by atomic mass is 9.90. The summed E-state index contributed by atoms with van der Waals surface area (Å²) in [4.78, 5) is 41.3. The van der Waals surface area contributed by atoms with Gasteiger partial charge in [-0.05, 0) is 49.4 Å². The molecule has 9 nitrogen and oxygen atoms in total. The zero-order chi connectivity index (χ0) is 22.6. The second-order valence-corrected chi connectivity index (χ2v) is 7.03. The molecule has 0 aliphatic carbocycles. The van der Waals surface area contributed by atoms with Crippen molar-refractivity contribution in [3.05, 3.63) is 53.6 Å². The highest BCUT2D eigenvalue weighted by Gasteiger charge is 2.49. The second-order valence-electron chi connectivity index (χ2n) is 7.03. The van der Waals surface area contributed by atoms with Crippen molar-refractivity contribution in [1.29, 1.82) is 0 Å². The number of carboxylic acid groups (broad SMARTS) is 1. The second kappa shape index (κ2) is 8.86. The van der Waals surface area contributed by atoms with Crippen LogP contribution in [0, 0.1) is 0 Å². The summed E-state index contributed by atoms with van der Waals surface area (Å²) in [6.45, 7) is 1.44. The number of carboxylic acids is 1. The molecule has 2 aromatic rings. The van der Waals surface area contributed by atoms with E-state index in [1.807, 2.05) is 0 Å². The monoisotopic (exact) mass is 426 g/mol. The van der Waals surface area contributed by atoms with Gasteiger partial charge in [0.15, 0.2) is 17.3 Å². The van der Waals surface area contributed by atoms with Gasteiger partial charge in [-0.3, -0.25) is 14.4 Å². The number of Topliss-reactive ketones (excluding diaryl/α,β-unsaturated/α-hetero) is 1. The number of nitrogens with zero attached hydrogens (tertiary/aromatic N) is 1. The number of anilines is 1. The van der Waals surface area contributed by atoms with Crippen LogP contribution >= 0.6 is 0 Å². The molecule has 162 valence electrons. The summed E-state index contributed by atoms with van der Waals surface area (Å²) in [5, 5.41) is 16.0. The molecule has 1 atom stereocenters. The van der Waals surface area contributed by atoms with Crippen molar-refractivity contribution < 1.29 is 33.8 Å². The summed E-state index contributed by atoms with van der Waals surface area (Å²) in [5.41, 5.74) is 0.207. The summed E-state index contributed by atoms with van der Waals surface area (Å²) >= 11 is 0. The van der Waals surface area contributed by atoms with E-state index in [0.717, 1.165) is 0 Å². The minimum Gasteiger partial charge on any atom is -0.493 e. The van der Waals surface area contributed by atoms with Crippen LogP contribution in [-0.2, 0) is 14.4 Å². The Morgan fingerprint density at radius 1 is 1.10 bits per heavy atom. The molecule has 1 aliphatic rings. The van der Waals surface area contributed by atoms with Crippen molar-refractivity contribution in [3.8, 4) is 11.5 Å². The number of rotatable bonds is 8. The van der Waals surface area contributed by atoms with Gasteiger partial charge in [-0.25, -0.2) is 0 Å². The Kier molecular flexibility index (Phi) is 6.24. The van der Waals surface area contributed by atoms with Crippen LogP contribution in [-0.4, -0.2) is 48.3 Å². The Morgan fingerprint density at radius 3 is 2.35 bits per heavy atom. The lowest BCUT2D eigenvalue weighted by Crippen LogP contribution is -2.45. The first-order valence-corrected chi connectivity index (χ1v) is 9.39. The molecule has 1 amide bonds. The molecule has 0 saturated carbocycles. The molecule has 0 bridgehead atoms. The Balaban J connectivity index is 1.83. The smallest absolute Gasteiger partial charge is 0.308 e. The van der Waals surface area contributed by atoms with Crippen LogP contribution in [0.5, 0.6) is 11.5 Å². The van der Waals surface area contributed by atoms with Crippen molar-refractivity contribution in [2.45, 2.75) is 25.4 Å². The number of carbonyl (C=O) groups excluding carboxylic acids is 2. The summed E-state index contributed by atoms with van der Waals surface area (Å²) in [5.74, 6) is -0.967. The largest absolute Gasteiger partial charge is 0.493 e. The quantitative estimate of drug-likeness (QED) is 0.622. The van der Waals surface area contributed by atoms with Gasteiger partial charge >= 0.3 is 5.97 Å². The first-order valence-electron chi connectivity index (χ1n) is 9.39. The van der Waals surface area contributed by atoms with E-state index in [-0.39, 0.29) is 12.2 Å². The average molecular weight is 426 g/mol. The number of benzene rings is 2. The van der Waals surface area contributed by atoms with Gasteiger partial charge in [0.2, 0.25) is 5.60 Å². The normalized spacial score (nSPS) is 17.3. The molecule has 31 heavy (non-hydrogen) atoms. The molecular weight excluding hydrogens is 404 g/mol. The minimum absolute atomic E-state index is 0.0495. The van der Waals surface area contributed by atoms with Crippen LogP contribution in [0.25, 0.3) is 0 Å². The zero-order valence-corrected chi connectivity index (χ0v) is 17.3. The van der Waals surface area contributed by atoms with E-state index in [4.69, 9.17) is 14.3 Å². The van der Waals surface area contributed by atoms with Crippen LogP contribution in [0.15, 0.2) is 47.6 Å². The molecule has 9 heteroatoms. The number of methoxy groups -OCH3 is 2. The van der Waals surface area contributed by atoms with E-state index in [1.165, 1.54) is 21.1 Å². The van der Waals surface area contributed by atoms with Crippen LogP contribution in [0.3, 0.4) is 0 Å². The third-order valence-electron chi connectivity index (χ3n) is 4.90. The van der Waals surface area contributed by atoms with Gasteiger partial charge in [-0.1, -0.05) is 5.16 Å². The molecule has 0 unspecified atom stereocenters. The molecule has 2 aromatic carbocycles. The maximum absolute atomic E-state index is 13.0. The number of ether oxygens (including phenoxy) is 2. The van der Waals surface area contributed by atoms with Crippen molar-refractivity contribution in [2.24, 2.45) is 5.16 Å². The van der Waals surface area contributed by atoms with Gasteiger partial charge in [-0.2, -0.15) is 0 Å². The first kappa shape index (κ1) is 21.8. The maximum Gasteiger partial charge on any atom is 0.308 e. The van der Waals surface area contributed by atoms with E-state index in [1.54, 1.807) is 42.5 Å². The molecular formula is C22H22N2O7. The number of amides is 1. The predicted octanol–water partition coefficient (Wildman–Crippen LogP) is 2.88. The highest BCUT2D eigenvalue weighted by atomic mass is 16.7. The SMILES string of the molecule is COc1ccc(C2=NO[C@@](CC(=O)O)(C(=O)Nc3ccc(C(C)=O)cc3)C2)cc1OC. The van der Waals surface area contributed by atoms with Crippen molar-refractivity contribution in [3.63, 3.8) is 0 Å². The fourth-order valence-electron chi connectivity index (χ4n) is 3.22. The van der Waals surface area contributed by atoms with Crippen LogP contribution in [0.4, 0.5) is 5.69 Å². The Labute approximate surface area is 178 Å². The van der Waals surface area contributed by atoms with E-state index in [2.05, 4.69) is 10.5 Å². The summed E-state index contributed by atoms with van der Waals surface area (Å²) in [6.07, 6.45) is -0.628. The fourth-order valence-corrected chi connectivity index (χ4v) is 3.22. The Morgan fingerprint density at radius 2 is 1.77 bits per heavy atom. The molecule has 3 rings (SSSR count). The summed E-state index contributed by atoms with van der Waals surface area (Å²) < 4.78 is 10.5. The highest BCUT2D eigenvalue weighted by molar-refractivity contribution is 6.09. The van der Waals surface area contributed by atoms with E-state index in [0.29, 0.717) is 34.0 Å². The van der Waals surface area contributed by atoms with Gasteiger partial charge in [0.1, 0.15) is 0 Å². The maximum atomic E-state index is 13.0. The fraction of sp³-hybridized carbons (Fsp3) is 0.273. The van der Waals surface area contributed by atoms with E-state index < -0.39 is 23.9 Å². The van der Waals surface area contributed by atoms with Crippen LogP contribution in [0.1, 0.15) is 35.7 Å². The first-order chi connectivity index (χ1) is 14.8. The number of carbonyl (C=O) groups is 3. The van der Waals surface area contributed by atoms with Gasteiger partial charge in [0.25, 0.3) is 5.91 Å². The van der Waals surface area contributed by atoms with Crippen molar-refractivity contribution in [2.75, 3.05) is 19.5 Å². The van der Waals surface area contributed by atoms with Gasteiger partial charge in [0, 0.05) is 23.2 Å². The lowest BCUT2D eigenvalue weighted by molar-refractivity contribution is -0.152. The molecule has 0 saturated heterocycles. The van der Waals surface area contributed by atoms with Gasteiger partial charge < -0.3 is 24.7 Å². The minimum atomic E-state index is -1.71. The Bertz CT molecular complexity index is 1050. The standard InChI is InChI=1S/C22H22N2O7/c1-13(25)14-4-7-16(8-5-14)23-21(28)22(12-20(26)27)11-17(24-31-22)15-6-9-18(29-2)19(10-15)30-3/h4-10H,11-12H2,1-3H3,(H,23,28)(H,26,27)/t22-/m0/s1. The van der Waals surface area contributed by atoms with Crippen molar-refractivity contribution in [1.82, 2.24) is 0 Å². The molecule has 1 heterocycles. The number of oxime groups is 1. The van der Waals surface area contributed by atoms with E-state index in [9.17, 15) is 19.5 Å². The van der Waals surface area contributed by atoms with Crippen LogP contribution < -0.4 is 14.8 Å². The number of nitrogens with one attached hydrogen (secondary N) is 1. The van der Waals surface area contributed by atoms with E-state index >= 15 is 0 Å². The van der Waals surface area contributed by atoms with Gasteiger partial charge in [-0.15, -0.1) is 0 Å². The molecule has 0 fully saturated rings. The summed E-state index contributed by atoms with van der Waals surface area (Å²) in [7, 11) is 3.01. The molecule has 0 radical (unpaired) electrons. The van der Waals surface area contributed by atoms with Gasteiger partial charge in [0.05, 0.1) is 26.4 Å². The molecule has 2 N–H and O–H groups in total. The van der Waals surface area contributed by atoms with Crippen LogP contribution in [0.2, 0.25) is 0 Å². The van der Waals surface area contributed by atoms with Crippen molar-refractivity contribution >= 4 is 29.1 Å². The summed E-state index contributed by atoms with van der Waals surface area (Å²) in [6, 6.07) is 11.4. The number of hydrogen-bond donors (Lipinski definition) is 2. The number of aliphatic carboxylic acids is 1. The Hall–Kier alpha value is -3.88. The molecule has 0 spiro atoms. The zero-order valence-electron chi connectivity index (χ0n) is 17.3. The highest BCUT2D eigenvalue weighted by Crippen LogP contribution is 2.34. The topological polar surface area (TPSA) is 124 Å². The third-order valence-corrected chi connectivity index (χ3v) is 4.90.